The van der Waals surface area contributed by atoms with Crippen molar-refractivity contribution in [3.63, 3.8) is 0 Å². The molecule has 0 fully saturated rings. The second kappa shape index (κ2) is 15.4. The van der Waals surface area contributed by atoms with Gasteiger partial charge in [-0.05, 0) is 116 Å². The van der Waals surface area contributed by atoms with Gasteiger partial charge in [0.1, 0.15) is 11.5 Å². The fourth-order valence-corrected chi connectivity index (χ4v) is 8.60. The van der Waals surface area contributed by atoms with E-state index in [4.69, 9.17) is 9.47 Å². The summed E-state index contributed by atoms with van der Waals surface area (Å²) in [4.78, 5) is 28.7. The van der Waals surface area contributed by atoms with Crippen LogP contribution >= 0.6 is 63.7 Å². The van der Waals surface area contributed by atoms with Crippen molar-refractivity contribution in [1.82, 2.24) is 18.4 Å². The van der Waals surface area contributed by atoms with Crippen LogP contribution in [-0.4, -0.2) is 116 Å². The molecule has 0 saturated heterocycles. The highest BCUT2D eigenvalue weighted by Gasteiger charge is 2.29. The summed E-state index contributed by atoms with van der Waals surface area (Å²) in [5.74, 6) is -3.07. The summed E-state index contributed by atoms with van der Waals surface area (Å²) in [5.41, 5.74) is 0. The molecule has 42 heavy (non-hydrogen) atoms. The summed E-state index contributed by atoms with van der Waals surface area (Å²) in [7, 11) is 2.43. The number of halogens is 4. The topological polar surface area (TPSA) is 134 Å². The van der Waals surface area contributed by atoms with Gasteiger partial charge >= 0.3 is 11.9 Å². The summed E-state index contributed by atoms with van der Waals surface area (Å²) >= 11 is 12.8. The Morgan fingerprint density at radius 2 is 0.881 bits per heavy atom. The molecule has 0 unspecified atom stereocenters. The van der Waals surface area contributed by atoms with Gasteiger partial charge in [0.05, 0.1) is 18.7 Å². The summed E-state index contributed by atoms with van der Waals surface area (Å²) in [6.07, 6.45) is 0. The number of esters is 2. The van der Waals surface area contributed by atoms with Crippen LogP contribution in [0.15, 0.2) is 51.9 Å². The molecule has 2 aromatic carbocycles. The van der Waals surface area contributed by atoms with E-state index in [1.165, 1.54) is 47.0 Å². The van der Waals surface area contributed by atoms with Crippen molar-refractivity contribution in [3.8, 4) is 11.5 Å². The van der Waals surface area contributed by atoms with Crippen LogP contribution in [-0.2, 0) is 29.6 Å². The fraction of sp³-hybridized carbons (Fsp3) is 0.417. The first-order valence-electron chi connectivity index (χ1n) is 11.9. The lowest BCUT2D eigenvalue weighted by Crippen LogP contribution is -2.33. The smallest absolute Gasteiger partial charge is 0.417 e. The van der Waals surface area contributed by atoms with Gasteiger partial charge in [0.25, 0.3) is 0 Å². The number of rotatable bonds is 12. The number of carbonyl (C=O) groups is 2. The number of hydrogen-bond acceptors (Lipinski definition) is 10. The Morgan fingerprint density at radius 1 is 0.571 bits per heavy atom. The van der Waals surface area contributed by atoms with E-state index in [0.717, 1.165) is 0 Å². The van der Waals surface area contributed by atoms with Gasteiger partial charge in [-0.1, -0.05) is 0 Å². The van der Waals surface area contributed by atoms with Gasteiger partial charge in [0.15, 0.2) is 0 Å². The third-order valence-corrected chi connectivity index (χ3v) is 12.5. The van der Waals surface area contributed by atoms with Gasteiger partial charge < -0.3 is 19.3 Å². The average Bonchev–Trinajstić information content (AvgIpc) is 2.88. The van der Waals surface area contributed by atoms with Crippen molar-refractivity contribution in [2.45, 2.75) is 9.79 Å². The molecule has 0 aliphatic rings. The molecule has 234 valence electrons. The highest BCUT2D eigenvalue weighted by atomic mass is 79.9. The molecule has 0 N–H and O–H groups in total. The lowest BCUT2D eigenvalue weighted by atomic mass is 10.3. The molecule has 0 bridgehead atoms. The number of sulfonamides is 2. The molecule has 0 spiro atoms. The average molecular weight is 886 g/mol. The molecule has 18 heteroatoms. The van der Waals surface area contributed by atoms with Crippen LogP contribution in [0.25, 0.3) is 0 Å². The van der Waals surface area contributed by atoms with Crippen LogP contribution in [0.2, 0.25) is 0 Å². The van der Waals surface area contributed by atoms with E-state index in [2.05, 4.69) is 63.7 Å². The fourth-order valence-electron chi connectivity index (χ4n) is 3.11. The van der Waals surface area contributed by atoms with Crippen LogP contribution < -0.4 is 9.47 Å². The molecule has 0 atom stereocenters. The predicted octanol–water partition coefficient (Wildman–Crippen LogP) is 3.61. The van der Waals surface area contributed by atoms with Gasteiger partial charge in [-0.25, -0.2) is 26.4 Å². The maximum Gasteiger partial charge on any atom is 0.423 e. The third-order valence-electron chi connectivity index (χ3n) is 5.65. The van der Waals surface area contributed by atoms with E-state index in [1.807, 2.05) is 38.0 Å². The first kappa shape index (κ1) is 37.2. The Kier molecular flexibility index (Phi) is 13.6. The zero-order chi connectivity index (χ0) is 32.2. The molecular formula is C24H30Br4N4O8S2. The number of benzene rings is 2. The summed E-state index contributed by atoms with van der Waals surface area (Å²) < 4.78 is 65.2. The molecule has 0 aliphatic heterocycles. The minimum atomic E-state index is -3.89. The SMILES string of the molecule is CN(C)CCN(C)S(=O)(=O)c1cc(Br)c(OC(=O)C(=O)Oc2cc(Br)c(S(=O)(=O)N(C)CCN(C)C)cc2Br)cc1Br. The van der Waals surface area contributed by atoms with Crippen LogP contribution in [0.4, 0.5) is 0 Å². The highest BCUT2D eigenvalue weighted by Crippen LogP contribution is 2.37. The predicted molar refractivity (Wildman–Crippen MR) is 172 cm³/mol. The summed E-state index contributed by atoms with van der Waals surface area (Å²) in [6, 6.07) is 4.98. The van der Waals surface area contributed by atoms with E-state index in [-0.39, 0.29) is 52.3 Å². The molecule has 2 rings (SSSR count). The Morgan fingerprint density at radius 3 is 1.17 bits per heavy atom. The molecule has 0 amide bonds. The minimum Gasteiger partial charge on any atom is -0.417 e. The van der Waals surface area contributed by atoms with E-state index < -0.39 is 32.0 Å². The Labute approximate surface area is 279 Å². The molecular weight excluding hydrogens is 856 g/mol. The first-order valence-corrected chi connectivity index (χ1v) is 18.0. The lowest BCUT2D eigenvalue weighted by Gasteiger charge is -2.21. The molecule has 0 radical (unpaired) electrons. The van der Waals surface area contributed by atoms with Crippen LogP contribution in [0.3, 0.4) is 0 Å². The normalized spacial score (nSPS) is 12.4. The van der Waals surface area contributed by atoms with Crippen LogP contribution in [0.1, 0.15) is 0 Å². The Hall–Kier alpha value is -0.960. The van der Waals surface area contributed by atoms with E-state index >= 15 is 0 Å². The van der Waals surface area contributed by atoms with Crippen molar-refractivity contribution in [2.24, 2.45) is 0 Å². The standard InChI is InChI=1S/C24H30Br4N4O8S2/c1-29(2)7-9-31(5)41(35,36)21-13-15(25)19(11-17(21)27)39-23(33)24(34)40-20-12-18(28)22(14-16(20)26)42(37,38)32(6)10-8-30(3)4/h11-14H,7-10H2,1-6H3. The van der Waals surface area contributed by atoms with Gasteiger partial charge in [-0.15, -0.1) is 0 Å². The quantitative estimate of drug-likeness (QED) is 0.177. The molecule has 0 heterocycles. The minimum absolute atomic E-state index is 0.0748. The van der Waals surface area contributed by atoms with Crippen molar-refractivity contribution < 1.29 is 35.9 Å². The maximum atomic E-state index is 13.0. The molecule has 12 nitrogen and oxygen atoms in total. The molecule has 0 aromatic heterocycles. The zero-order valence-corrected chi connectivity index (χ0v) is 31.5. The van der Waals surface area contributed by atoms with E-state index in [9.17, 15) is 26.4 Å². The monoisotopic (exact) mass is 882 g/mol. The van der Waals surface area contributed by atoms with E-state index in [0.29, 0.717) is 13.1 Å². The summed E-state index contributed by atoms with van der Waals surface area (Å²) in [6.45, 7) is 1.50. The lowest BCUT2D eigenvalue weighted by molar-refractivity contribution is -0.156. The van der Waals surface area contributed by atoms with Crippen molar-refractivity contribution in [1.29, 1.82) is 0 Å². The number of carbonyl (C=O) groups excluding carboxylic acids is 2. The van der Waals surface area contributed by atoms with Gasteiger partial charge in [-0.3, -0.25) is 0 Å². The number of likely N-dealkylation sites (N-methyl/N-ethyl adjacent to an activating group) is 4. The van der Waals surface area contributed by atoms with Crippen molar-refractivity contribution in [3.05, 3.63) is 42.2 Å². The van der Waals surface area contributed by atoms with Gasteiger partial charge in [-0.2, -0.15) is 8.61 Å². The van der Waals surface area contributed by atoms with Gasteiger partial charge in [0.2, 0.25) is 20.0 Å². The first-order chi connectivity index (χ1) is 19.3. The zero-order valence-electron chi connectivity index (χ0n) is 23.5. The van der Waals surface area contributed by atoms with Crippen LogP contribution in [0.5, 0.6) is 11.5 Å². The van der Waals surface area contributed by atoms with Crippen molar-refractivity contribution in [2.75, 3.05) is 68.5 Å². The maximum absolute atomic E-state index is 13.0. The van der Waals surface area contributed by atoms with Crippen molar-refractivity contribution >= 4 is 95.7 Å². The Bertz CT molecular complexity index is 1440. The highest BCUT2D eigenvalue weighted by molar-refractivity contribution is 9.11. The van der Waals surface area contributed by atoms with E-state index in [1.54, 1.807) is 0 Å². The van der Waals surface area contributed by atoms with Crippen LogP contribution in [0, 0.1) is 0 Å². The second-order valence-electron chi connectivity index (χ2n) is 9.46. The Balaban J connectivity index is 2.22. The number of hydrogen-bond donors (Lipinski definition) is 0. The van der Waals surface area contributed by atoms with Gasteiger partial charge in [0, 0.05) is 49.2 Å². The number of ether oxygens (including phenoxy) is 2. The third kappa shape index (κ3) is 9.52. The number of nitrogens with zero attached hydrogens (tertiary/aromatic N) is 4. The molecule has 0 aliphatic carbocycles. The summed E-state index contributed by atoms with van der Waals surface area (Å²) in [5, 5.41) is 0. The molecule has 2 aromatic rings. The largest absolute Gasteiger partial charge is 0.423 e. The molecule has 0 saturated carbocycles. The second-order valence-corrected chi connectivity index (χ2v) is 16.9.